The molecule has 18 heavy (non-hydrogen) atoms. The highest BCUT2D eigenvalue weighted by Gasteiger charge is 2.13. The third-order valence-corrected chi connectivity index (χ3v) is 3.00. The summed E-state index contributed by atoms with van der Waals surface area (Å²) < 4.78 is 13.1. The summed E-state index contributed by atoms with van der Waals surface area (Å²) in [6.45, 7) is 1.81. The highest BCUT2D eigenvalue weighted by atomic mass is 35.5. The van der Waals surface area contributed by atoms with E-state index in [9.17, 15) is 9.18 Å². The minimum atomic E-state index is -0.403. The van der Waals surface area contributed by atoms with E-state index >= 15 is 0 Å². The van der Waals surface area contributed by atoms with Gasteiger partial charge in [-0.05, 0) is 42.3 Å². The summed E-state index contributed by atoms with van der Waals surface area (Å²) in [5.41, 5.74) is 1.68. The fourth-order valence-corrected chi connectivity index (χ4v) is 1.90. The summed E-state index contributed by atoms with van der Waals surface area (Å²) in [6.07, 6.45) is 1.61. The van der Waals surface area contributed by atoms with Crippen LogP contribution in [-0.2, 0) is 6.42 Å². The second-order valence-electron chi connectivity index (χ2n) is 4.00. The van der Waals surface area contributed by atoms with Gasteiger partial charge < -0.3 is 0 Å². The number of nitrogens with zero attached hydrogens (tertiary/aromatic N) is 1. The first-order chi connectivity index (χ1) is 8.58. The molecule has 0 saturated carbocycles. The van der Waals surface area contributed by atoms with Crippen molar-refractivity contribution in [2.45, 2.75) is 13.3 Å². The van der Waals surface area contributed by atoms with E-state index < -0.39 is 5.82 Å². The van der Waals surface area contributed by atoms with Gasteiger partial charge >= 0.3 is 0 Å². The maximum absolute atomic E-state index is 13.1. The molecule has 0 aliphatic carbocycles. The Morgan fingerprint density at radius 2 is 2.17 bits per heavy atom. The summed E-state index contributed by atoms with van der Waals surface area (Å²) in [5, 5.41) is 0.387. The zero-order chi connectivity index (χ0) is 13.1. The molecule has 0 fully saturated rings. The average molecular weight is 264 g/mol. The van der Waals surface area contributed by atoms with Crippen LogP contribution in [0.5, 0.6) is 0 Å². The quantitative estimate of drug-likeness (QED) is 0.792. The molecule has 0 unspecified atom stereocenters. The zero-order valence-electron chi connectivity index (χ0n) is 9.78. The number of rotatable bonds is 3. The monoisotopic (exact) mass is 263 g/mol. The fraction of sp³-hybridized carbons (Fsp3) is 0.143. The van der Waals surface area contributed by atoms with Crippen LogP contribution in [0.15, 0.2) is 36.5 Å². The van der Waals surface area contributed by atoms with E-state index in [0.29, 0.717) is 16.3 Å². The maximum atomic E-state index is 13.1. The number of hydrogen-bond acceptors (Lipinski definition) is 2. The summed E-state index contributed by atoms with van der Waals surface area (Å²) in [4.78, 5) is 16.1. The third-order valence-electron chi connectivity index (χ3n) is 2.63. The average Bonchev–Trinajstić information content (AvgIpc) is 2.34. The second-order valence-corrected chi connectivity index (χ2v) is 4.41. The maximum Gasteiger partial charge on any atom is 0.185 e. The van der Waals surface area contributed by atoms with Crippen molar-refractivity contribution >= 4 is 17.4 Å². The van der Waals surface area contributed by atoms with Crippen molar-refractivity contribution in [2.24, 2.45) is 0 Å². The number of halogens is 2. The van der Waals surface area contributed by atoms with Crippen LogP contribution in [0, 0.1) is 12.7 Å². The number of Topliss-reactive ketones (excluding diaryl/α,β-unsaturated/α-hetero) is 1. The topological polar surface area (TPSA) is 30.0 Å². The van der Waals surface area contributed by atoms with E-state index in [2.05, 4.69) is 4.98 Å². The minimum absolute atomic E-state index is 0.0500. The molecular formula is C14H11ClFNO. The van der Waals surface area contributed by atoms with Crippen molar-refractivity contribution in [3.05, 3.63) is 64.2 Å². The molecule has 1 aromatic carbocycles. The lowest BCUT2D eigenvalue weighted by Crippen LogP contribution is -2.08. The number of aryl methyl sites for hydroxylation is 1. The number of benzene rings is 1. The van der Waals surface area contributed by atoms with Gasteiger partial charge in [0.2, 0.25) is 0 Å². The third kappa shape index (κ3) is 2.74. The minimum Gasteiger partial charge on any atom is -0.292 e. The van der Waals surface area contributed by atoms with Crippen LogP contribution in [0.4, 0.5) is 4.39 Å². The summed E-state index contributed by atoms with van der Waals surface area (Å²) >= 11 is 5.93. The molecule has 2 nitrogen and oxygen atoms in total. The van der Waals surface area contributed by atoms with Crippen molar-refractivity contribution in [3.63, 3.8) is 0 Å². The van der Waals surface area contributed by atoms with Crippen LogP contribution in [0.25, 0.3) is 0 Å². The van der Waals surface area contributed by atoms with Crippen LogP contribution >= 0.6 is 11.6 Å². The van der Waals surface area contributed by atoms with Gasteiger partial charge in [0.05, 0.1) is 0 Å². The molecule has 0 atom stereocenters. The SMILES string of the molecule is Cc1cccnc1C(=O)Cc1cc(F)ccc1Cl. The van der Waals surface area contributed by atoms with E-state index in [4.69, 9.17) is 11.6 Å². The second kappa shape index (κ2) is 5.27. The molecule has 0 amide bonds. The first-order valence-electron chi connectivity index (χ1n) is 5.46. The van der Waals surface area contributed by atoms with E-state index in [1.807, 2.05) is 13.0 Å². The smallest absolute Gasteiger partial charge is 0.185 e. The summed E-state index contributed by atoms with van der Waals surface area (Å²) in [7, 11) is 0. The van der Waals surface area contributed by atoms with Crippen molar-refractivity contribution in [2.75, 3.05) is 0 Å². The lowest BCUT2D eigenvalue weighted by molar-refractivity contribution is 0.0987. The first kappa shape index (κ1) is 12.7. The Morgan fingerprint density at radius 1 is 1.39 bits per heavy atom. The van der Waals surface area contributed by atoms with Gasteiger partial charge in [-0.3, -0.25) is 9.78 Å². The Balaban J connectivity index is 2.27. The highest BCUT2D eigenvalue weighted by Crippen LogP contribution is 2.19. The first-order valence-corrected chi connectivity index (χ1v) is 5.84. The predicted octanol–water partition coefficient (Wildman–Crippen LogP) is 3.61. The number of aromatic nitrogens is 1. The lowest BCUT2D eigenvalue weighted by atomic mass is 10.0. The number of carbonyl (C=O) groups excluding carboxylic acids is 1. The van der Waals surface area contributed by atoms with Crippen LogP contribution < -0.4 is 0 Å². The Labute approximate surface area is 109 Å². The van der Waals surface area contributed by atoms with Gasteiger partial charge in [0.1, 0.15) is 11.5 Å². The molecule has 0 saturated heterocycles. The van der Waals surface area contributed by atoms with Crippen LogP contribution in [0.2, 0.25) is 5.02 Å². The molecule has 4 heteroatoms. The van der Waals surface area contributed by atoms with Gasteiger partial charge in [-0.15, -0.1) is 0 Å². The summed E-state index contributed by atoms with van der Waals surface area (Å²) in [5.74, 6) is -0.569. The molecule has 1 aromatic heterocycles. The number of ketones is 1. The Kier molecular flexibility index (Phi) is 3.72. The van der Waals surface area contributed by atoms with Gasteiger partial charge in [0.15, 0.2) is 5.78 Å². The van der Waals surface area contributed by atoms with Gasteiger partial charge in [0, 0.05) is 17.6 Å². The molecule has 0 spiro atoms. The van der Waals surface area contributed by atoms with Crippen LogP contribution in [-0.4, -0.2) is 10.8 Å². The van der Waals surface area contributed by atoms with Crippen LogP contribution in [0.3, 0.4) is 0 Å². The number of pyridine rings is 1. The van der Waals surface area contributed by atoms with E-state index in [0.717, 1.165) is 5.56 Å². The Morgan fingerprint density at radius 3 is 2.89 bits per heavy atom. The molecular weight excluding hydrogens is 253 g/mol. The molecule has 0 bridgehead atoms. The Bertz CT molecular complexity index is 598. The molecule has 0 radical (unpaired) electrons. The van der Waals surface area contributed by atoms with Crippen molar-refractivity contribution in [3.8, 4) is 0 Å². The number of carbonyl (C=O) groups is 1. The molecule has 0 aliphatic heterocycles. The standard InChI is InChI=1S/C14H11ClFNO/c1-9-3-2-6-17-14(9)13(18)8-10-7-11(16)4-5-12(10)15/h2-7H,8H2,1H3. The lowest BCUT2D eigenvalue weighted by Gasteiger charge is -2.05. The van der Waals surface area contributed by atoms with Gasteiger partial charge in [-0.2, -0.15) is 0 Å². The molecule has 1 heterocycles. The molecule has 2 aromatic rings. The largest absolute Gasteiger partial charge is 0.292 e. The van der Waals surface area contributed by atoms with E-state index in [1.54, 1.807) is 12.3 Å². The van der Waals surface area contributed by atoms with E-state index in [-0.39, 0.29) is 12.2 Å². The van der Waals surface area contributed by atoms with E-state index in [1.165, 1.54) is 18.2 Å². The zero-order valence-corrected chi connectivity index (χ0v) is 10.5. The molecule has 2 rings (SSSR count). The van der Waals surface area contributed by atoms with Crippen LogP contribution in [0.1, 0.15) is 21.6 Å². The predicted molar refractivity (Wildman–Crippen MR) is 68.4 cm³/mol. The molecule has 92 valence electrons. The highest BCUT2D eigenvalue weighted by molar-refractivity contribution is 6.31. The van der Waals surface area contributed by atoms with Gasteiger partial charge in [-0.1, -0.05) is 17.7 Å². The Hall–Kier alpha value is -1.74. The number of hydrogen-bond donors (Lipinski definition) is 0. The fourth-order valence-electron chi connectivity index (χ4n) is 1.71. The summed E-state index contributed by atoms with van der Waals surface area (Å²) in [6, 6.07) is 7.57. The van der Waals surface area contributed by atoms with Crippen molar-refractivity contribution in [1.82, 2.24) is 4.98 Å². The van der Waals surface area contributed by atoms with Gasteiger partial charge in [0.25, 0.3) is 0 Å². The normalized spacial score (nSPS) is 10.4. The van der Waals surface area contributed by atoms with Gasteiger partial charge in [-0.25, -0.2) is 4.39 Å². The van der Waals surface area contributed by atoms with Crippen molar-refractivity contribution < 1.29 is 9.18 Å². The van der Waals surface area contributed by atoms with Crippen molar-refractivity contribution in [1.29, 1.82) is 0 Å². The molecule has 0 N–H and O–H groups in total. The molecule has 0 aliphatic rings.